The smallest absolute Gasteiger partial charge is 0.211 e. The Labute approximate surface area is 159 Å². The molecule has 0 saturated carbocycles. The molecule has 0 radical (unpaired) electrons. The van der Waals surface area contributed by atoms with E-state index in [9.17, 15) is 5.11 Å². The number of para-hydroxylation sites is 1. The van der Waals surface area contributed by atoms with Crippen molar-refractivity contribution in [2.45, 2.75) is 4.90 Å². The summed E-state index contributed by atoms with van der Waals surface area (Å²) in [6.07, 6.45) is 0. The molecule has 0 aliphatic carbocycles. The van der Waals surface area contributed by atoms with Gasteiger partial charge >= 0.3 is 0 Å². The van der Waals surface area contributed by atoms with Crippen LogP contribution in [0.5, 0.6) is 17.2 Å². The number of nitrogens with zero attached hydrogens (tertiary/aromatic N) is 1. The Hall–Kier alpha value is -2.83. The summed E-state index contributed by atoms with van der Waals surface area (Å²) in [5.74, 6) is 2.03. The molecule has 0 aromatic heterocycles. The van der Waals surface area contributed by atoms with Crippen LogP contribution in [-0.4, -0.2) is 11.1 Å². The molecule has 3 N–H and O–H groups in total. The first-order chi connectivity index (χ1) is 12.7. The lowest BCUT2D eigenvalue weighted by molar-refractivity contribution is 0.475. The van der Waals surface area contributed by atoms with Gasteiger partial charge in [-0.2, -0.15) is 0 Å². The highest BCUT2D eigenvalue weighted by Crippen LogP contribution is 2.41. The van der Waals surface area contributed by atoms with E-state index in [-0.39, 0.29) is 5.75 Å². The quantitative estimate of drug-likeness (QED) is 0.517. The van der Waals surface area contributed by atoms with Gasteiger partial charge in [0.15, 0.2) is 0 Å². The molecule has 0 amide bonds. The molecular weight excluding hydrogens is 370 g/mol. The molecule has 3 aromatic rings. The van der Waals surface area contributed by atoms with E-state index in [4.69, 9.17) is 16.3 Å². The van der Waals surface area contributed by atoms with Crippen molar-refractivity contribution in [3.63, 3.8) is 0 Å². The molecule has 130 valence electrons. The number of anilines is 1. The molecule has 0 saturated heterocycles. The first kappa shape index (κ1) is 16.6. The SMILES string of the molecule is Oc1cc(Cl)cc2c1N=C(Nc1cccc(Oc3ccccc3)c1)NS2. The van der Waals surface area contributed by atoms with Gasteiger partial charge in [0.05, 0.1) is 4.90 Å². The second-order valence-corrected chi connectivity index (χ2v) is 6.79. The normalized spacial score (nSPS) is 12.6. The van der Waals surface area contributed by atoms with Crippen LogP contribution >= 0.6 is 23.5 Å². The third-order valence-electron chi connectivity index (χ3n) is 3.58. The molecule has 0 bridgehead atoms. The summed E-state index contributed by atoms with van der Waals surface area (Å²) in [4.78, 5) is 5.18. The molecule has 1 aliphatic heterocycles. The minimum atomic E-state index is 0.0435. The van der Waals surface area contributed by atoms with E-state index >= 15 is 0 Å². The molecule has 3 aromatic carbocycles. The Morgan fingerprint density at radius 1 is 1.00 bits per heavy atom. The molecule has 26 heavy (non-hydrogen) atoms. The Morgan fingerprint density at radius 2 is 1.81 bits per heavy atom. The van der Waals surface area contributed by atoms with E-state index in [0.717, 1.165) is 16.3 Å². The highest BCUT2D eigenvalue weighted by Gasteiger charge is 2.17. The summed E-state index contributed by atoms with van der Waals surface area (Å²) >= 11 is 7.29. The van der Waals surface area contributed by atoms with Gasteiger partial charge in [-0.05, 0) is 42.3 Å². The van der Waals surface area contributed by atoms with E-state index in [1.54, 1.807) is 6.07 Å². The maximum Gasteiger partial charge on any atom is 0.211 e. The van der Waals surface area contributed by atoms with Crippen molar-refractivity contribution in [3.8, 4) is 17.2 Å². The maximum absolute atomic E-state index is 10.0. The number of nitrogens with one attached hydrogen (secondary N) is 2. The predicted octanol–water partition coefficient (Wildman–Crippen LogP) is 5.55. The van der Waals surface area contributed by atoms with Crippen LogP contribution in [0.2, 0.25) is 5.02 Å². The van der Waals surface area contributed by atoms with Gasteiger partial charge in [0, 0.05) is 22.8 Å². The lowest BCUT2D eigenvalue weighted by atomic mass is 10.3. The number of hydrogen-bond acceptors (Lipinski definition) is 6. The van der Waals surface area contributed by atoms with E-state index in [1.807, 2.05) is 54.6 Å². The van der Waals surface area contributed by atoms with Crippen molar-refractivity contribution >= 4 is 40.9 Å². The van der Waals surface area contributed by atoms with E-state index in [2.05, 4.69) is 15.0 Å². The van der Waals surface area contributed by atoms with E-state index in [0.29, 0.717) is 22.4 Å². The number of aromatic hydroxyl groups is 1. The minimum absolute atomic E-state index is 0.0435. The Morgan fingerprint density at radius 3 is 2.65 bits per heavy atom. The average Bonchev–Trinajstić information content (AvgIpc) is 2.63. The third-order valence-corrected chi connectivity index (χ3v) is 4.62. The number of ether oxygens (including phenoxy) is 1. The standard InChI is InChI=1S/C19H14ClN3O2S/c20-12-9-16(24)18-17(10-12)26-23-19(22-18)21-13-5-4-8-15(11-13)25-14-6-2-1-3-7-14/h1-11,24H,(H2,21,22,23). The van der Waals surface area contributed by atoms with Crippen LogP contribution in [-0.2, 0) is 0 Å². The molecular formula is C19H14ClN3O2S. The molecule has 1 heterocycles. The Balaban J connectivity index is 1.54. The first-order valence-corrected chi connectivity index (χ1v) is 9.01. The van der Waals surface area contributed by atoms with Crippen molar-refractivity contribution < 1.29 is 9.84 Å². The van der Waals surface area contributed by atoms with Gasteiger partial charge in [0.1, 0.15) is 22.9 Å². The molecule has 7 heteroatoms. The van der Waals surface area contributed by atoms with Gasteiger partial charge in [-0.25, -0.2) is 4.99 Å². The molecule has 5 nitrogen and oxygen atoms in total. The number of phenolic OH excluding ortho intramolecular Hbond substituents is 1. The van der Waals surface area contributed by atoms with Crippen molar-refractivity contribution in [1.82, 2.24) is 4.72 Å². The fourth-order valence-electron chi connectivity index (χ4n) is 2.44. The zero-order valence-corrected chi connectivity index (χ0v) is 15.0. The van der Waals surface area contributed by atoms with Crippen LogP contribution in [0.4, 0.5) is 11.4 Å². The van der Waals surface area contributed by atoms with Crippen molar-refractivity contribution in [3.05, 3.63) is 71.8 Å². The summed E-state index contributed by atoms with van der Waals surface area (Å²) in [6, 6.07) is 20.4. The van der Waals surface area contributed by atoms with Crippen LogP contribution < -0.4 is 14.8 Å². The van der Waals surface area contributed by atoms with Crippen LogP contribution in [0, 0.1) is 0 Å². The number of rotatable bonds is 3. The van der Waals surface area contributed by atoms with Gasteiger partial charge in [0.2, 0.25) is 5.96 Å². The van der Waals surface area contributed by atoms with Crippen LogP contribution in [0.25, 0.3) is 0 Å². The zero-order valence-electron chi connectivity index (χ0n) is 13.4. The fraction of sp³-hybridized carbons (Fsp3) is 0. The molecule has 0 spiro atoms. The number of benzene rings is 3. The number of guanidine groups is 1. The number of halogens is 1. The van der Waals surface area contributed by atoms with E-state index < -0.39 is 0 Å². The lowest BCUT2D eigenvalue weighted by Gasteiger charge is -2.19. The number of phenols is 1. The van der Waals surface area contributed by atoms with Gasteiger partial charge in [-0.3, -0.25) is 4.72 Å². The molecule has 4 rings (SSSR count). The fourth-order valence-corrected chi connectivity index (χ4v) is 3.45. The van der Waals surface area contributed by atoms with E-state index in [1.165, 1.54) is 18.0 Å². The highest BCUT2D eigenvalue weighted by atomic mass is 35.5. The predicted molar refractivity (Wildman–Crippen MR) is 106 cm³/mol. The van der Waals surface area contributed by atoms with Gasteiger partial charge < -0.3 is 15.2 Å². The van der Waals surface area contributed by atoms with Gasteiger partial charge in [-0.1, -0.05) is 35.9 Å². The third kappa shape index (κ3) is 3.71. The van der Waals surface area contributed by atoms with Gasteiger partial charge in [-0.15, -0.1) is 0 Å². The van der Waals surface area contributed by atoms with Crippen molar-refractivity contribution in [2.75, 3.05) is 5.32 Å². The van der Waals surface area contributed by atoms with Gasteiger partial charge in [0.25, 0.3) is 0 Å². The average molecular weight is 384 g/mol. The maximum atomic E-state index is 10.0. The summed E-state index contributed by atoms with van der Waals surface area (Å²) < 4.78 is 8.93. The van der Waals surface area contributed by atoms with Crippen molar-refractivity contribution in [1.29, 1.82) is 0 Å². The summed E-state index contributed by atoms with van der Waals surface area (Å²) in [7, 11) is 0. The molecule has 0 fully saturated rings. The second kappa shape index (κ2) is 7.19. The van der Waals surface area contributed by atoms with Crippen LogP contribution in [0.15, 0.2) is 76.6 Å². The number of fused-ring (bicyclic) bond motifs is 1. The Bertz CT molecular complexity index is 980. The van der Waals surface area contributed by atoms with Crippen LogP contribution in [0.1, 0.15) is 0 Å². The monoisotopic (exact) mass is 383 g/mol. The zero-order chi connectivity index (χ0) is 17.9. The first-order valence-electron chi connectivity index (χ1n) is 7.81. The minimum Gasteiger partial charge on any atom is -0.506 e. The lowest BCUT2D eigenvalue weighted by Crippen LogP contribution is -2.26. The summed E-state index contributed by atoms with van der Waals surface area (Å²) in [5, 5.41) is 13.7. The Kier molecular flexibility index (Phi) is 4.60. The largest absolute Gasteiger partial charge is 0.506 e. The second-order valence-electron chi connectivity index (χ2n) is 5.50. The molecule has 1 aliphatic rings. The summed E-state index contributed by atoms with van der Waals surface area (Å²) in [5.41, 5.74) is 1.29. The topological polar surface area (TPSA) is 65.9 Å². The summed E-state index contributed by atoms with van der Waals surface area (Å²) in [6.45, 7) is 0. The number of hydrogen-bond donors (Lipinski definition) is 3. The van der Waals surface area contributed by atoms with Crippen molar-refractivity contribution in [2.24, 2.45) is 4.99 Å². The molecule has 0 unspecified atom stereocenters. The highest BCUT2D eigenvalue weighted by molar-refractivity contribution is 7.98. The molecule has 0 atom stereocenters. The van der Waals surface area contributed by atoms with Crippen LogP contribution in [0.3, 0.4) is 0 Å². The number of aliphatic imine (C=N–C) groups is 1.